The van der Waals surface area contributed by atoms with Gasteiger partial charge >= 0.3 is 0 Å². The Hall–Kier alpha value is -1.33. The van der Waals surface area contributed by atoms with Crippen molar-refractivity contribution >= 4 is 0 Å². The molecule has 1 fully saturated rings. The molecule has 1 aromatic carbocycles. The van der Waals surface area contributed by atoms with Crippen LogP contribution in [0.3, 0.4) is 0 Å². The molecule has 1 saturated heterocycles. The van der Waals surface area contributed by atoms with Gasteiger partial charge in [-0.05, 0) is 18.9 Å². The second kappa shape index (κ2) is 3.81. The zero-order valence-electron chi connectivity index (χ0n) is 8.23. The van der Waals surface area contributed by atoms with E-state index in [9.17, 15) is 0 Å². The Morgan fingerprint density at radius 2 is 2.07 bits per heavy atom. The lowest BCUT2D eigenvalue weighted by Crippen LogP contribution is -2.04. The van der Waals surface area contributed by atoms with E-state index in [1.807, 2.05) is 0 Å². The van der Waals surface area contributed by atoms with Crippen molar-refractivity contribution in [1.29, 1.82) is 5.26 Å². The SMILES string of the molecule is Cc1ccc([C@@H]2OCC[C@H]2C#N)cc1. The number of rotatable bonds is 1. The first-order chi connectivity index (χ1) is 6.81. The Labute approximate surface area is 84.1 Å². The van der Waals surface area contributed by atoms with Gasteiger partial charge in [-0.15, -0.1) is 0 Å². The highest BCUT2D eigenvalue weighted by atomic mass is 16.5. The summed E-state index contributed by atoms with van der Waals surface area (Å²) in [4.78, 5) is 0. The van der Waals surface area contributed by atoms with Crippen LogP contribution in [-0.2, 0) is 4.74 Å². The third-order valence-electron chi connectivity index (χ3n) is 2.66. The van der Waals surface area contributed by atoms with E-state index < -0.39 is 0 Å². The first kappa shape index (κ1) is 9.23. The molecule has 0 radical (unpaired) electrons. The van der Waals surface area contributed by atoms with Gasteiger partial charge in [-0.2, -0.15) is 5.26 Å². The smallest absolute Gasteiger partial charge is 0.0983 e. The number of hydrogen-bond acceptors (Lipinski definition) is 2. The van der Waals surface area contributed by atoms with Gasteiger partial charge in [-0.1, -0.05) is 29.8 Å². The summed E-state index contributed by atoms with van der Waals surface area (Å²) in [7, 11) is 0. The molecule has 0 aromatic heterocycles. The van der Waals surface area contributed by atoms with E-state index in [0.29, 0.717) is 6.61 Å². The maximum Gasteiger partial charge on any atom is 0.0983 e. The summed E-state index contributed by atoms with van der Waals surface area (Å²) in [6.45, 7) is 2.76. The van der Waals surface area contributed by atoms with Crippen LogP contribution >= 0.6 is 0 Å². The van der Waals surface area contributed by atoms with Crippen LogP contribution in [0, 0.1) is 24.2 Å². The largest absolute Gasteiger partial charge is 0.372 e. The quantitative estimate of drug-likeness (QED) is 0.677. The molecule has 2 atom stereocenters. The van der Waals surface area contributed by atoms with Crippen molar-refractivity contribution in [2.75, 3.05) is 6.61 Å². The van der Waals surface area contributed by atoms with Gasteiger partial charge in [0, 0.05) is 6.61 Å². The maximum atomic E-state index is 8.92. The van der Waals surface area contributed by atoms with E-state index in [-0.39, 0.29) is 12.0 Å². The van der Waals surface area contributed by atoms with E-state index in [1.54, 1.807) is 0 Å². The summed E-state index contributed by atoms with van der Waals surface area (Å²) in [6.07, 6.45) is 0.843. The zero-order chi connectivity index (χ0) is 9.97. The summed E-state index contributed by atoms with van der Waals surface area (Å²) in [5.74, 6) is 0.0257. The molecule has 0 bridgehead atoms. The molecule has 1 aliphatic heterocycles. The molecule has 1 heterocycles. The van der Waals surface area contributed by atoms with E-state index in [0.717, 1.165) is 12.0 Å². The molecule has 2 nitrogen and oxygen atoms in total. The van der Waals surface area contributed by atoms with Crippen LogP contribution in [0.2, 0.25) is 0 Å². The van der Waals surface area contributed by atoms with Gasteiger partial charge in [0.25, 0.3) is 0 Å². The minimum absolute atomic E-state index is 0.0133. The lowest BCUT2D eigenvalue weighted by atomic mass is 9.96. The molecule has 72 valence electrons. The Bertz CT molecular complexity index is 350. The normalized spacial score (nSPS) is 26.0. The molecule has 0 saturated carbocycles. The minimum Gasteiger partial charge on any atom is -0.372 e. The molecule has 0 unspecified atom stereocenters. The first-order valence-electron chi connectivity index (χ1n) is 4.89. The third-order valence-corrected chi connectivity index (χ3v) is 2.66. The molecule has 0 spiro atoms. The molecule has 0 aliphatic carbocycles. The Kier molecular flexibility index (Phi) is 2.51. The number of aryl methyl sites for hydroxylation is 1. The molecule has 0 amide bonds. The topological polar surface area (TPSA) is 33.0 Å². The Morgan fingerprint density at radius 1 is 1.36 bits per heavy atom. The van der Waals surface area contributed by atoms with Gasteiger partial charge in [-0.3, -0.25) is 0 Å². The lowest BCUT2D eigenvalue weighted by Gasteiger charge is -2.12. The van der Waals surface area contributed by atoms with Gasteiger partial charge in [0.1, 0.15) is 0 Å². The molecule has 2 heteroatoms. The number of benzene rings is 1. The van der Waals surface area contributed by atoms with Gasteiger partial charge < -0.3 is 4.74 Å². The van der Waals surface area contributed by atoms with Crippen LogP contribution in [0.1, 0.15) is 23.7 Å². The second-order valence-corrected chi connectivity index (χ2v) is 3.73. The van der Waals surface area contributed by atoms with E-state index in [1.165, 1.54) is 5.56 Å². The highest BCUT2D eigenvalue weighted by molar-refractivity contribution is 5.25. The van der Waals surface area contributed by atoms with Crippen molar-refractivity contribution in [2.24, 2.45) is 5.92 Å². The third kappa shape index (κ3) is 1.64. The highest BCUT2D eigenvalue weighted by Crippen LogP contribution is 2.33. The van der Waals surface area contributed by atoms with Crippen molar-refractivity contribution in [2.45, 2.75) is 19.4 Å². The Balaban J connectivity index is 2.23. The fourth-order valence-electron chi connectivity index (χ4n) is 1.81. The predicted octanol–water partition coefficient (Wildman–Crippen LogP) is 2.60. The molecular formula is C12H13NO. The molecular weight excluding hydrogens is 174 g/mol. The minimum atomic E-state index is -0.0133. The average molecular weight is 187 g/mol. The van der Waals surface area contributed by atoms with Gasteiger partial charge in [0.2, 0.25) is 0 Å². The monoisotopic (exact) mass is 187 g/mol. The summed E-state index contributed by atoms with van der Waals surface area (Å²) in [5, 5.41) is 8.92. The first-order valence-corrected chi connectivity index (χ1v) is 4.89. The van der Waals surface area contributed by atoms with Crippen LogP contribution in [0.15, 0.2) is 24.3 Å². The van der Waals surface area contributed by atoms with E-state index in [4.69, 9.17) is 10.00 Å². The molecule has 1 aliphatic rings. The predicted molar refractivity (Wildman–Crippen MR) is 53.6 cm³/mol. The fraction of sp³-hybridized carbons (Fsp3) is 0.417. The summed E-state index contributed by atoms with van der Waals surface area (Å²) >= 11 is 0. The number of hydrogen-bond donors (Lipinski definition) is 0. The van der Waals surface area contributed by atoms with E-state index in [2.05, 4.69) is 37.3 Å². The van der Waals surface area contributed by atoms with E-state index >= 15 is 0 Å². The number of nitrogens with zero attached hydrogens (tertiary/aromatic N) is 1. The second-order valence-electron chi connectivity index (χ2n) is 3.73. The Morgan fingerprint density at radius 3 is 2.71 bits per heavy atom. The van der Waals surface area contributed by atoms with Crippen molar-refractivity contribution in [1.82, 2.24) is 0 Å². The van der Waals surface area contributed by atoms with Crippen LogP contribution in [0.25, 0.3) is 0 Å². The maximum absolute atomic E-state index is 8.92. The van der Waals surface area contributed by atoms with Crippen molar-refractivity contribution in [3.05, 3.63) is 35.4 Å². The average Bonchev–Trinajstić information content (AvgIpc) is 2.67. The summed E-state index contributed by atoms with van der Waals surface area (Å²) in [5.41, 5.74) is 2.36. The number of ether oxygens (including phenoxy) is 1. The highest BCUT2D eigenvalue weighted by Gasteiger charge is 2.29. The van der Waals surface area contributed by atoms with Gasteiger partial charge in [0.05, 0.1) is 18.1 Å². The van der Waals surface area contributed by atoms with Crippen molar-refractivity contribution < 1.29 is 4.74 Å². The zero-order valence-corrected chi connectivity index (χ0v) is 8.23. The van der Waals surface area contributed by atoms with Crippen LogP contribution in [-0.4, -0.2) is 6.61 Å². The number of nitriles is 1. The van der Waals surface area contributed by atoms with Crippen LogP contribution in [0.5, 0.6) is 0 Å². The fourth-order valence-corrected chi connectivity index (χ4v) is 1.81. The summed E-state index contributed by atoms with van der Waals surface area (Å²) < 4.78 is 5.56. The van der Waals surface area contributed by atoms with Crippen LogP contribution in [0.4, 0.5) is 0 Å². The van der Waals surface area contributed by atoms with Crippen LogP contribution < -0.4 is 0 Å². The van der Waals surface area contributed by atoms with Crippen molar-refractivity contribution in [3.8, 4) is 6.07 Å². The van der Waals surface area contributed by atoms with Gasteiger partial charge in [0.15, 0.2) is 0 Å². The molecule has 2 rings (SSSR count). The standard InChI is InChI=1S/C12H13NO/c1-9-2-4-10(5-3-9)12-11(8-13)6-7-14-12/h2-5,11-12H,6-7H2,1H3/t11-,12-/m0/s1. The molecule has 1 aromatic rings. The molecule has 14 heavy (non-hydrogen) atoms. The molecule has 0 N–H and O–H groups in total. The van der Waals surface area contributed by atoms with Gasteiger partial charge in [-0.25, -0.2) is 0 Å². The van der Waals surface area contributed by atoms with Crippen molar-refractivity contribution in [3.63, 3.8) is 0 Å². The summed E-state index contributed by atoms with van der Waals surface area (Å²) in [6, 6.07) is 10.5. The lowest BCUT2D eigenvalue weighted by molar-refractivity contribution is 0.101.